The molecule has 1 unspecified atom stereocenters. The zero-order chi connectivity index (χ0) is 16.2. The Kier molecular flexibility index (Phi) is 9.16. The number of hydrogen-bond acceptors (Lipinski definition) is 5. The number of carbonyl (C=O) groups excluding carboxylic acids is 1. The number of carbonyl (C=O) groups is 1. The molecule has 2 aromatic rings. The number of para-hydroxylation sites is 1. The van der Waals surface area contributed by atoms with E-state index in [1.54, 1.807) is 5.38 Å². The van der Waals surface area contributed by atoms with Gasteiger partial charge in [0.15, 0.2) is 0 Å². The second-order valence-corrected chi connectivity index (χ2v) is 7.32. The van der Waals surface area contributed by atoms with E-state index in [2.05, 4.69) is 37.2 Å². The van der Waals surface area contributed by atoms with Gasteiger partial charge in [-0.15, -0.1) is 36.2 Å². The molecular weight excluding hydrogens is 447 g/mol. The Morgan fingerprint density at radius 2 is 2.16 bits per heavy atom. The Bertz CT molecular complexity index is 700. The van der Waals surface area contributed by atoms with Crippen molar-refractivity contribution in [3.63, 3.8) is 0 Å². The molecule has 25 heavy (non-hydrogen) atoms. The average molecular weight is 468 g/mol. The van der Waals surface area contributed by atoms with Gasteiger partial charge in [0.1, 0.15) is 5.69 Å². The van der Waals surface area contributed by atoms with Gasteiger partial charge in [-0.2, -0.15) is 0 Å². The molecule has 1 aromatic heterocycles. The number of thiazole rings is 1. The van der Waals surface area contributed by atoms with E-state index >= 15 is 0 Å². The molecule has 2 heterocycles. The summed E-state index contributed by atoms with van der Waals surface area (Å²) < 4.78 is 1.08. The molecule has 3 N–H and O–H groups in total. The molecule has 5 nitrogen and oxygen atoms in total. The predicted octanol–water partition coefficient (Wildman–Crippen LogP) is 3.26. The van der Waals surface area contributed by atoms with Crippen LogP contribution in [0.2, 0.25) is 0 Å². The summed E-state index contributed by atoms with van der Waals surface area (Å²) in [4.78, 5) is 18.9. The summed E-state index contributed by atoms with van der Waals surface area (Å²) in [6, 6.07) is 8.31. The van der Waals surface area contributed by atoms with Crippen LogP contribution < -0.4 is 16.0 Å². The maximum atomic E-state index is 12.3. The van der Waals surface area contributed by atoms with Crippen LogP contribution in [-0.4, -0.2) is 36.6 Å². The van der Waals surface area contributed by atoms with Gasteiger partial charge >= 0.3 is 0 Å². The van der Waals surface area contributed by atoms with Crippen LogP contribution >= 0.6 is 52.1 Å². The molecule has 0 spiro atoms. The molecule has 0 saturated carbocycles. The number of hydrogen-bond donors (Lipinski definition) is 2. The van der Waals surface area contributed by atoms with E-state index in [4.69, 9.17) is 5.73 Å². The summed E-state index contributed by atoms with van der Waals surface area (Å²) in [7, 11) is 0. The highest BCUT2D eigenvalue weighted by atomic mass is 79.9. The molecule has 1 saturated heterocycles. The highest BCUT2D eigenvalue weighted by molar-refractivity contribution is 9.10. The normalized spacial score (nSPS) is 16.1. The second kappa shape index (κ2) is 10.3. The Balaban J connectivity index is 0.00000156. The van der Waals surface area contributed by atoms with Gasteiger partial charge in [-0.3, -0.25) is 4.79 Å². The molecule has 1 aliphatic rings. The van der Waals surface area contributed by atoms with Crippen LogP contribution in [0.25, 0.3) is 0 Å². The fourth-order valence-electron chi connectivity index (χ4n) is 2.72. The number of aromatic nitrogens is 1. The van der Waals surface area contributed by atoms with Gasteiger partial charge in [0.25, 0.3) is 5.91 Å². The fraction of sp³-hybridized carbons (Fsp3) is 0.375. The van der Waals surface area contributed by atoms with Crippen molar-refractivity contribution in [1.29, 1.82) is 0 Å². The highest BCUT2D eigenvalue weighted by Crippen LogP contribution is 2.28. The van der Waals surface area contributed by atoms with Gasteiger partial charge in [-0.25, -0.2) is 4.98 Å². The quantitative estimate of drug-likeness (QED) is 0.707. The average Bonchev–Trinajstić information content (AvgIpc) is 3.18. The van der Waals surface area contributed by atoms with Crippen LogP contribution in [0.1, 0.15) is 21.9 Å². The molecule has 1 aromatic carbocycles. The van der Waals surface area contributed by atoms with E-state index in [0.717, 1.165) is 35.4 Å². The number of nitrogens with two attached hydrogens (primary N) is 1. The third-order valence-electron chi connectivity index (χ3n) is 3.86. The van der Waals surface area contributed by atoms with Crippen molar-refractivity contribution in [2.45, 2.75) is 18.9 Å². The first kappa shape index (κ1) is 22.2. The molecule has 138 valence electrons. The second-order valence-electron chi connectivity index (χ2n) is 5.52. The lowest BCUT2D eigenvalue weighted by Gasteiger charge is -2.20. The molecule has 0 radical (unpaired) electrons. The van der Waals surface area contributed by atoms with Gasteiger partial charge in [0, 0.05) is 35.4 Å². The minimum Gasteiger partial charge on any atom is -0.368 e. The summed E-state index contributed by atoms with van der Waals surface area (Å²) >= 11 is 5.07. The maximum absolute atomic E-state index is 12.3. The van der Waals surface area contributed by atoms with Gasteiger partial charge in [-0.1, -0.05) is 12.1 Å². The van der Waals surface area contributed by atoms with Crippen LogP contribution in [0.4, 0.5) is 5.69 Å². The van der Waals surface area contributed by atoms with Crippen molar-refractivity contribution >= 4 is 63.7 Å². The first-order chi connectivity index (χ1) is 11.2. The van der Waals surface area contributed by atoms with Crippen LogP contribution in [0, 0.1) is 0 Å². The standard InChI is InChI=1S/C16H19BrN4OS.2ClH/c17-12-3-1-2-4-14(12)21-8-6-11(9-21)19-16(22)13-10-23-15(20-13)5-7-18;;/h1-4,10-11H,5-9,18H2,(H,19,22);2*1H. The largest absolute Gasteiger partial charge is 0.368 e. The van der Waals surface area contributed by atoms with E-state index in [-0.39, 0.29) is 36.8 Å². The molecule has 1 atom stereocenters. The predicted molar refractivity (Wildman–Crippen MR) is 112 cm³/mol. The number of rotatable bonds is 5. The van der Waals surface area contributed by atoms with E-state index in [0.29, 0.717) is 12.2 Å². The van der Waals surface area contributed by atoms with Gasteiger partial charge in [-0.05, 0) is 41.0 Å². The molecule has 1 amide bonds. The van der Waals surface area contributed by atoms with E-state index < -0.39 is 0 Å². The summed E-state index contributed by atoms with van der Waals surface area (Å²) in [5.74, 6) is -0.0940. The van der Waals surface area contributed by atoms with E-state index in [1.807, 2.05) is 18.2 Å². The Hall–Kier alpha value is -0.860. The van der Waals surface area contributed by atoms with Crippen molar-refractivity contribution in [3.8, 4) is 0 Å². The number of amides is 1. The number of nitrogens with one attached hydrogen (secondary N) is 1. The van der Waals surface area contributed by atoms with Crippen molar-refractivity contribution in [2.75, 3.05) is 24.5 Å². The van der Waals surface area contributed by atoms with Crippen molar-refractivity contribution in [3.05, 3.63) is 44.8 Å². The van der Waals surface area contributed by atoms with Gasteiger partial charge in [0.2, 0.25) is 0 Å². The summed E-state index contributed by atoms with van der Waals surface area (Å²) in [6.07, 6.45) is 1.66. The number of anilines is 1. The molecular formula is C16H21BrCl2N4OS. The minimum absolute atomic E-state index is 0. The molecule has 0 aliphatic carbocycles. The van der Waals surface area contributed by atoms with Crippen LogP contribution in [-0.2, 0) is 6.42 Å². The summed E-state index contributed by atoms with van der Waals surface area (Å²) in [5.41, 5.74) is 7.18. The van der Waals surface area contributed by atoms with Crippen molar-refractivity contribution < 1.29 is 4.79 Å². The third-order valence-corrected chi connectivity index (χ3v) is 5.44. The van der Waals surface area contributed by atoms with Crippen LogP contribution in [0.15, 0.2) is 34.1 Å². The lowest BCUT2D eigenvalue weighted by Crippen LogP contribution is -2.37. The first-order valence-corrected chi connectivity index (χ1v) is 9.29. The molecule has 1 aliphatic heterocycles. The third kappa shape index (κ3) is 5.56. The zero-order valence-corrected chi connectivity index (χ0v) is 17.5. The van der Waals surface area contributed by atoms with E-state index in [1.165, 1.54) is 17.0 Å². The minimum atomic E-state index is -0.0940. The molecule has 9 heteroatoms. The van der Waals surface area contributed by atoms with Gasteiger partial charge in [0.05, 0.1) is 10.7 Å². The number of nitrogens with zero attached hydrogens (tertiary/aromatic N) is 2. The van der Waals surface area contributed by atoms with E-state index in [9.17, 15) is 4.79 Å². The lowest BCUT2D eigenvalue weighted by molar-refractivity contribution is 0.0936. The first-order valence-electron chi connectivity index (χ1n) is 7.62. The van der Waals surface area contributed by atoms with Crippen LogP contribution in [0.5, 0.6) is 0 Å². The van der Waals surface area contributed by atoms with Crippen molar-refractivity contribution in [2.24, 2.45) is 5.73 Å². The molecule has 3 rings (SSSR count). The lowest BCUT2D eigenvalue weighted by atomic mass is 10.2. The Morgan fingerprint density at radius 3 is 2.88 bits per heavy atom. The fourth-order valence-corrected chi connectivity index (χ4v) is 4.05. The summed E-state index contributed by atoms with van der Waals surface area (Å²) in [5, 5.41) is 5.81. The molecule has 0 bridgehead atoms. The Morgan fingerprint density at radius 1 is 1.40 bits per heavy atom. The zero-order valence-electron chi connectivity index (χ0n) is 13.5. The number of benzene rings is 1. The van der Waals surface area contributed by atoms with Crippen LogP contribution in [0.3, 0.4) is 0 Å². The van der Waals surface area contributed by atoms with Gasteiger partial charge < -0.3 is 16.0 Å². The Labute approximate surface area is 172 Å². The smallest absolute Gasteiger partial charge is 0.271 e. The highest BCUT2D eigenvalue weighted by Gasteiger charge is 2.26. The molecule has 1 fully saturated rings. The number of halogens is 3. The van der Waals surface area contributed by atoms with Crippen molar-refractivity contribution in [1.82, 2.24) is 10.3 Å². The summed E-state index contributed by atoms with van der Waals surface area (Å²) in [6.45, 7) is 2.30. The topological polar surface area (TPSA) is 71.2 Å². The monoisotopic (exact) mass is 466 g/mol. The SMILES string of the molecule is Cl.Cl.NCCc1nc(C(=O)NC2CCN(c3ccccc3Br)C2)cs1. The maximum Gasteiger partial charge on any atom is 0.271 e.